The number of unbranched alkanes of at least 4 members (excludes halogenated alkanes) is 1. The number of alkyl carbamates (subject to hydrolysis) is 1. The van der Waals surface area contributed by atoms with Crippen molar-refractivity contribution in [1.29, 1.82) is 0 Å². The highest BCUT2D eigenvalue weighted by Crippen LogP contribution is 2.10. The van der Waals surface area contributed by atoms with Crippen LogP contribution in [0.5, 0.6) is 0 Å². The largest absolute Gasteiger partial charge is 0.460 e. The van der Waals surface area contributed by atoms with Crippen LogP contribution in [0.1, 0.15) is 47.5 Å². The molecule has 0 radical (unpaired) electrons. The summed E-state index contributed by atoms with van der Waals surface area (Å²) in [5, 5.41) is 2.55. The van der Waals surface area contributed by atoms with Crippen molar-refractivity contribution in [2.45, 2.75) is 65.2 Å². The highest BCUT2D eigenvalue weighted by Gasteiger charge is 2.32. The normalized spacial score (nSPS) is 13.3. The number of esters is 1. The van der Waals surface area contributed by atoms with Gasteiger partial charge >= 0.3 is 12.1 Å². The van der Waals surface area contributed by atoms with E-state index in [4.69, 9.17) is 14.2 Å². The molecule has 8 heteroatoms. The lowest BCUT2D eigenvalue weighted by molar-refractivity contribution is -0.149. The first kappa shape index (κ1) is 24.9. The molecule has 0 rings (SSSR count). The molecule has 0 aromatic heterocycles. The molecule has 0 spiro atoms. The van der Waals surface area contributed by atoms with Crippen LogP contribution in [-0.4, -0.2) is 67.4 Å². The van der Waals surface area contributed by atoms with E-state index in [0.29, 0.717) is 6.61 Å². The van der Waals surface area contributed by atoms with Crippen molar-refractivity contribution in [2.24, 2.45) is 0 Å². The van der Waals surface area contributed by atoms with E-state index >= 15 is 0 Å². The van der Waals surface area contributed by atoms with Crippen LogP contribution in [0.2, 0.25) is 0 Å². The van der Waals surface area contributed by atoms with Crippen LogP contribution in [0.4, 0.5) is 4.79 Å². The topological polar surface area (TPSA) is 94.2 Å². The molecule has 0 aliphatic carbocycles. The van der Waals surface area contributed by atoms with Crippen molar-refractivity contribution >= 4 is 18.0 Å². The van der Waals surface area contributed by atoms with Crippen molar-refractivity contribution in [3.8, 4) is 0 Å². The second kappa shape index (κ2) is 12.3. The van der Waals surface area contributed by atoms with E-state index in [9.17, 15) is 14.4 Å². The smallest absolute Gasteiger partial charge is 0.408 e. The Kier molecular flexibility index (Phi) is 11.4. The second-order valence-corrected chi connectivity index (χ2v) is 7.22. The fourth-order valence-electron chi connectivity index (χ4n) is 2.03. The van der Waals surface area contributed by atoms with Crippen molar-refractivity contribution in [3.05, 3.63) is 12.7 Å². The molecule has 0 bridgehead atoms. The highest BCUT2D eigenvalue weighted by atomic mass is 16.6. The Hall–Kier alpha value is -2.09. The van der Waals surface area contributed by atoms with Crippen LogP contribution in [0, 0.1) is 0 Å². The van der Waals surface area contributed by atoms with Crippen molar-refractivity contribution < 1.29 is 28.6 Å². The van der Waals surface area contributed by atoms with E-state index in [2.05, 4.69) is 11.9 Å². The van der Waals surface area contributed by atoms with Gasteiger partial charge in [0.15, 0.2) is 0 Å². The first-order valence-electron chi connectivity index (χ1n) is 9.14. The van der Waals surface area contributed by atoms with Crippen molar-refractivity contribution in [2.75, 3.05) is 26.8 Å². The van der Waals surface area contributed by atoms with E-state index in [1.807, 2.05) is 6.92 Å². The SMILES string of the molecule is C=CCOC(=O)CN(C)C(=O)[C@@H](NC(=O)OC(C)(C)C)[C@@H](C)OCCCC. The quantitative estimate of drug-likeness (QED) is 0.333. The molecule has 0 aromatic carbocycles. The number of ether oxygens (including phenoxy) is 3. The molecular formula is C19H34N2O6. The van der Waals surface area contributed by atoms with Gasteiger partial charge in [0.25, 0.3) is 0 Å². The summed E-state index contributed by atoms with van der Waals surface area (Å²) in [4.78, 5) is 37.8. The molecule has 27 heavy (non-hydrogen) atoms. The molecule has 0 aromatic rings. The number of carbonyl (C=O) groups excluding carboxylic acids is 3. The summed E-state index contributed by atoms with van der Waals surface area (Å²) in [6.45, 7) is 12.6. The molecule has 0 fully saturated rings. The monoisotopic (exact) mass is 386 g/mol. The summed E-state index contributed by atoms with van der Waals surface area (Å²) < 4.78 is 15.8. The minimum absolute atomic E-state index is 0.0665. The Morgan fingerprint density at radius 3 is 2.41 bits per heavy atom. The number of hydrogen-bond donors (Lipinski definition) is 1. The summed E-state index contributed by atoms with van der Waals surface area (Å²) >= 11 is 0. The van der Waals surface area contributed by atoms with Crippen molar-refractivity contribution in [3.63, 3.8) is 0 Å². The predicted octanol–water partition coefficient (Wildman–Crippen LogP) is 2.27. The first-order valence-corrected chi connectivity index (χ1v) is 9.14. The van der Waals surface area contributed by atoms with E-state index in [-0.39, 0.29) is 13.2 Å². The summed E-state index contributed by atoms with van der Waals surface area (Å²) in [5.74, 6) is -1.04. The lowest BCUT2D eigenvalue weighted by atomic mass is 10.1. The fraction of sp³-hybridized carbons (Fsp3) is 0.737. The zero-order valence-corrected chi connectivity index (χ0v) is 17.4. The summed E-state index contributed by atoms with van der Waals surface area (Å²) in [7, 11) is 1.46. The maximum atomic E-state index is 12.8. The zero-order valence-electron chi connectivity index (χ0n) is 17.4. The number of carbonyl (C=O) groups is 3. The van der Waals surface area contributed by atoms with Crippen LogP contribution >= 0.6 is 0 Å². The standard InChI is InChI=1S/C19H34N2O6/c1-8-10-12-25-14(3)16(20-18(24)27-19(4,5)6)17(23)21(7)13-15(22)26-11-9-2/h9,14,16H,2,8,10-13H2,1,3-7H3,(H,20,24)/t14-,16+/m1/s1. The van der Waals surface area contributed by atoms with Crippen LogP contribution in [0.3, 0.4) is 0 Å². The maximum Gasteiger partial charge on any atom is 0.408 e. The number of likely N-dealkylation sites (N-methyl/N-ethyl adjacent to an activating group) is 1. The van der Waals surface area contributed by atoms with Crippen molar-refractivity contribution in [1.82, 2.24) is 10.2 Å². The van der Waals surface area contributed by atoms with Gasteiger partial charge < -0.3 is 24.4 Å². The molecule has 0 aliphatic rings. The minimum Gasteiger partial charge on any atom is -0.460 e. The van der Waals surface area contributed by atoms with E-state index in [0.717, 1.165) is 12.8 Å². The predicted molar refractivity (Wildman–Crippen MR) is 102 cm³/mol. The maximum absolute atomic E-state index is 12.8. The van der Waals surface area contributed by atoms with E-state index < -0.39 is 35.7 Å². The third kappa shape index (κ3) is 11.3. The van der Waals surface area contributed by atoms with Gasteiger partial charge in [-0.15, -0.1) is 0 Å². The first-order chi connectivity index (χ1) is 12.5. The summed E-state index contributed by atoms with van der Waals surface area (Å²) in [5.41, 5.74) is -0.704. The van der Waals surface area contributed by atoms with Gasteiger partial charge in [-0.1, -0.05) is 26.0 Å². The van der Waals surface area contributed by atoms with Gasteiger partial charge in [0.2, 0.25) is 5.91 Å². The van der Waals surface area contributed by atoms with Gasteiger partial charge in [-0.3, -0.25) is 9.59 Å². The number of nitrogens with zero attached hydrogens (tertiary/aromatic N) is 1. The van der Waals surface area contributed by atoms with E-state index in [1.165, 1.54) is 18.0 Å². The zero-order chi connectivity index (χ0) is 21.0. The fourth-order valence-corrected chi connectivity index (χ4v) is 2.03. The summed E-state index contributed by atoms with van der Waals surface area (Å²) in [6, 6.07) is -0.992. The molecule has 2 atom stereocenters. The summed E-state index contributed by atoms with van der Waals surface area (Å²) in [6.07, 6.45) is 1.90. The number of amides is 2. The van der Waals surface area contributed by atoms with Gasteiger partial charge in [-0.25, -0.2) is 4.79 Å². The lowest BCUT2D eigenvalue weighted by Crippen LogP contribution is -2.55. The van der Waals surface area contributed by atoms with Gasteiger partial charge in [0.1, 0.15) is 24.8 Å². The molecule has 156 valence electrons. The molecule has 8 nitrogen and oxygen atoms in total. The second-order valence-electron chi connectivity index (χ2n) is 7.22. The average molecular weight is 386 g/mol. The molecule has 0 saturated carbocycles. The van der Waals surface area contributed by atoms with Crippen LogP contribution in [0.15, 0.2) is 12.7 Å². The Morgan fingerprint density at radius 1 is 1.26 bits per heavy atom. The lowest BCUT2D eigenvalue weighted by Gasteiger charge is -2.29. The Labute approximate surface area is 162 Å². The number of nitrogens with one attached hydrogen (secondary N) is 1. The highest BCUT2D eigenvalue weighted by molar-refractivity contribution is 5.88. The Morgan fingerprint density at radius 2 is 1.89 bits per heavy atom. The number of rotatable bonds is 11. The molecule has 0 aliphatic heterocycles. The molecular weight excluding hydrogens is 352 g/mol. The minimum atomic E-state index is -0.992. The average Bonchev–Trinajstić information content (AvgIpc) is 2.55. The molecule has 0 unspecified atom stereocenters. The van der Waals surface area contributed by atoms with Gasteiger partial charge in [-0.05, 0) is 34.1 Å². The Balaban J connectivity index is 5.07. The molecule has 0 heterocycles. The van der Waals surface area contributed by atoms with Crippen LogP contribution < -0.4 is 5.32 Å². The van der Waals surface area contributed by atoms with Crippen LogP contribution in [-0.2, 0) is 23.8 Å². The van der Waals surface area contributed by atoms with Crippen LogP contribution in [0.25, 0.3) is 0 Å². The molecule has 2 amide bonds. The van der Waals surface area contributed by atoms with Gasteiger partial charge in [0.05, 0.1) is 6.10 Å². The third-order valence-electron chi connectivity index (χ3n) is 3.39. The Bertz CT molecular complexity index is 501. The van der Waals surface area contributed by atoms with Gasteiger partial charge in [0, 0.05) is 13.7 Å². The number of hydrogen-bond acceptors (Lipinski definition) is 6. The molecule has 1 N–H and O–H groups in total. The van der Waals surface area contributed by atoms with E-state index in [1.54, 1.807) is 27.7 Å². The molecule has 0 saturated heterocycles. The van der Waals surface area contributed by atoms with Gasteiger partial charge in [-0.2, -0.15) is 0 Å². The third-order valence-corrected chi connectivity index (χ3v) is 3.39.